The molecule has 24 heavy (non-hydrogen) atoms. The Balaban J connectivity index is 1.83. The van der Waals surface area contributed by atoms with Crippen molar-refractivity contribution in [2.24, 2.45) is 10.8 Å². The van der Waals surface area contributed by atoms with Crippen LogP contribution >= 0.6 is 0 Å². The number of imidazole rings is 1. The number of anilines is 1. The molecule has 0 unspecified atom stereocenters. The Kier molecular flexibility index (Phi) is 3.95. The highest BCUT2D eigenvalue weighted by atomic mass is 15.3. The minimum absolute atomic E-state index is 0.158. The Labute approximate surface area is 138 Å². The Morgan fingerprint density at radius 3 is 2.75 bits per heavy atom. The van der Waals surface area contributed by atoms with Gasteiger partial charge < -0.3 is 10.1 Å². The summed E-state index contributed by atoms with van der Waals surface area (Å²) in [4.78, 5) is 4.61. The first-order valence-corrected chi connectivity index (χ1v) is 7.21. The third-order valence-electron chi connectivity index (χ3n) is 3.45. The maximum atomic E-state index is 8.80. The molecule has 0 saturated carbocycles. The van der Waals surface area contributed by atoms with E-state index in [1.807, 2.05) is 60.1 Å². The maximum Gasteiger partial charge on any atom is 0.201 e. The third kappa shape index (κ3) is 3.08. The molecule has 3 aromatic rings. The van der Waals surface area contributed by atoms with Crippen LogP contribution in [-0.4, -0.2) is 20.9 Å². The van der Waals surface area contributed by atoms with Gasteiger partial charge in [-0.25, -0.2) is 4.98 Å². The highest BCUT2D eigenvalue weighted by Crippen LogP contribution is 2.21. The minimum atomic E-state index is -0.374. The number of aryl methyl sites for hydroxylation is 1. The van der Waals surface area contributed by atoms with Crippen molar-refractivity contribution >= 4 is 22.9 Å². The van der Waals surface area contributed by atoms with Gasteiger partial charge in [0.25, 0.3) is 0 Å². The number of nitrogens with zero attached hydrogens (tertiary/aromatic N) is 4. The average molecular weight is 317 g/mol. The van der Waals surface area contributed by atoms with Gasteiger partial charge in [0.2, 0.25) is 5.71 Å². The largest absolute Gasteiger partial charge is 0.382 e. The summed E-state index contributed by atoms with van der Waals surface area (Å²) in [5.41, 5.74) is 12.4. The standard InChI is InChI=1S/C17H15N7/c1-11-6-7-24-10-15(21-16(24)8-11)12-2-4-13(5-3-12)22-23-14(9-18)17(19)20/h2-8,10,22H,1H3,(H3,19,20)/b23-14+. The highest BCUT2D eigenvalue weighted by molar-refractivity contribution is 6.45. The number of pyridine rings is 1. The van der Waals surface area contributed by atoms with Gasteiger partial charge in [0.05, 0.1) is 11.4 Å². The first-order chi connectivity index (χ1) is 11.6. The van der Waals surface area contributed by atoms with E-state index < -0.39 is 0 Å². The molecule has 0 fully saturated rings. The molecule has 0 amide bonds. The molecule has 7 heteroatoms. The lowest BCUT2D eigenvalue weighted by molar-refractivity contribution is 1.17. The molecule has 2 heterocycles. The molecule has 4 N–H and O–H groups in total. The molecule has 7 nitrogen and oxygen atoms in total. The molecule has 2 aromatic heterocycles. The van der Waals surface area contributed by atoms with Gasteiger partial charge in [-0.2, -0.15) is 10.4 Å². The number of nitrogens with two attached hydrogens (primary N) is 1. The van der Waals surface area contributed by atoms with E-state index in [9.17, 15) is 0 Å². The van der Waals surface area contributed by atoms with Gasteiger partial charge >= 0.3 is 0 Å². The average Bonchev–Trinajstić information content (AvgIpc) is 2.98. The zero-order chi connectivity index (χ0) is 17.1. The summed E-state index contributed by atoms with van der Waals surface area (Å²) in [6, 6.07) is 13.3. The van der Waals surface area contributed by atoms with Gasteiger partial charge in [0, 0.05) is 18.0 Å². The van der Waals surface area contributed by atoms with E-state index in [0.29, 0.717) is 5.69 Å². The van der Waals surface area contributed by atoms with Gasteiger partial charge in [0.1, 0.15) is 11.7 Å². The van der Waals surface area contributed by atoms with Crippen molar-refractivity contribution in [2.45, 2.75) is 6.92 Å². The molecule has 0 aliphatic heterocycles. The quantitative estimate of drug-likeness (QED) is 0.389. The van der Waals surface area contributed by atoms with Crippen LogP contribution in [0.4, 0.5) is 5.69 Å². The lowest BCUT2D eigenvalue weighted by Gasteiger charge is -2.02. The number of fused-ring (bicyclic) bond motifs is 1. The number of benzene rings is 1. The van der Waals surface area contributed by atoms with E-state index in [0.717, 1.165) is 22.5 Å². The molecule has 3 rings (SSSR count). The molecule has 0 spiro atoms. The van der Waals surface area contributed by atoms with Crippen LogP contribution in [0.2, 0.25) is 0 Å². The highest BCUT2D eigenvalue weighted by Gasteiger charge is 2.05. The van der Waals surface area contributed by atoms with Gasteiger partial charge in [-0.1, -0.05) is 12.1 Å². The molecule has 0 atom stereocenters. The number of nitriles is 1. The number of amidine groups is 1. The summed E-state index contributed by atoms with van der Waals surface area (Å²) in [6.07, 6.45) is 3.95. The van der Waals surface area contributed by atoms with E-state index in [2.05, 4.69) is 15.5 Å². The minimum Gasteiger partial charge on any atom is -0.382 e. The van der Waals surface area contributed by atoms with Crippen LogP contribution < -0.4 is 11.2 Å². The molecule has 118 valence electrons. The molecule has 0 bridgehead atoms. The number of nitrogens with one attached hydrogen (secondary N) is 2. The van der Waals surface area contributed by atoms with Crippen LogP contribution in [0.15, 0.2) is 53.9 Å². The predicted molar refractivity (Wildman–Crippen MR) is 93.9 cm³/mol. The van der Waals surface area contributed by atoms with E-state index in [1.54, 1.807) is 6.07 Å². The first kappa shape index (κ1) is 15.2. The number of hydrogen-bond donors (Lipinski definition) is 3. The zero-order valence-corrected chi connectivity index (χ0v) is 13.0. The fourth-order valence-corrected chi connectivity index (χ4v) is 2.20. The summed E-state index contributed by atoms with van der Waals surface area (Å²) < 4.78 is 1.98. The van der Waals surface area contributed by atoms with Crippen LogP contribution in [0, 0.1) is 23.7 Å². The second-order valence-corrected chi connectivity index (χ2v) is 5.27. The molecule has 1 aromatic carbocycles. The summed E-state index contributed by atoms with van der Waals surface area (Å²) in [5, 5.41) is 19.8. The van der Waals surface area contributed by atoms with E-state index >= 15 is 0 Å². The predicted octanol–water partition coefficient (Wildman–Crippen LogP) is 2.54. The van der Waals surface area contributed by atoms with Gasteiger partial charge in [0.15, 0.2) is 5.84 Å². The van der Waals surface area contributed by atoms with Gasteiger partial charge in [-0.15, -0.1) is 0 Å². The molecular weight excluding hydrogens is 302 g/mol. The lowest BCUT2D eigenvalue weighted by Crippen LogP contribution is -2.21. The van der Waals surface area contributed by atoms with Crippen molar-refractivity contribution < 1.29 is 0 Å². The summed E-state index contributed by atoms with van der Waals surface area (Å²) in [5.74, 6) is -0.374. The Morgan fingerprint density at radius 2 is 2.08 bits per heavy atom. The van der Waals surface area contributed by atoms with E-state index in [-0.39, 0.29) is 11.5 Å². The monoisotopic (exact) mass is 317 g/mol. The second kappa shape index (κ2) is 6.22. The SMILES string of the molecule is Cc1ccn2cc(-c3ccc(N/N=C(\C#N)C(=N)N)cc3)nc2c1. The number of rotatable bonds is 4. The number of aromatic nitrogens is 2. The summed E-state index contributed by atoms with van der Waals surface area (Å²) >= 11 is 0. The topological polar surface area (TPSA) is 115 Å². The van der Waals surface area contributed by atoms with Gasteiger partial charge in [-0.05, 0) is 36.8 Å². The van der Waals surface area contributed by atoms with E-state index in [4.69, 9.17) is 16.4 Å². The van der Waals surface area contributed by atoms with Crippen LogP contribution in [0.3, 0.4) is 0 Å². The van der Waals surface area contributed by atoms with Crippen LogP contribution in [0.5, 0.6) is 0 Å². The van der Waals surface area contributed by atoms with Crippen LogP contribution in [0.25, 0.3) is 16.9 Å². The number of hydrazone groups is 1. The van der Waals surface area contributed by atoms with E-state index in [1.165, 1.54) is 0 Å². The summed E-state index contributed by atoms with van der Waals surface area (Å²) in [7, 11) is 0. The molecule has 0 aliphatic rings. The van der Waals surface area contributed by atoms with Crippen LogP contribution in [0.1, 0.15) is 5.56 Å². The Bertz CT molecular complexity index is 974. The first-order valence-electron chi connectivity index (χ1n) is 7.21. The van der Waals surface area contributed by atoms with Crippen molar-refractivity contribution in [3.63, 3.8) is 0 Å². The molecule has 0 radical (unpaired) electrons. The number of hydrogen-bond acceptors (Lipinski definition) is 5. The van der Waals surface area contributed by atoms with Crippen molar-refractivity contribution in [1.82, 2.24) is 9.38 Å². The normalized spacial score (nSPS) is 11.2. The smallest absolute Gasteiger partial charge is 0.201 e. The van der Waals surface area contributed by atoms with Crippen LogP contribution in [-0.2, 0) is 0 Å². The Morgan fingerprint density at radius 1 is 1.33 bits per heavy atom. The fraction of sp³-hybridized carbons (Fsp3) is 0.0588. The second-order valence-electron chi connectivity index (χ2n) is 5.27. The maximum absolute atomic E-state index is 8.80. The zero-order valence-electron chi connectivity index (χ0n) is 13.0. The van der Waals surface area contributed by atoms with Crippen molar-refractivity contribution in [3.05, 3.63) is 54.4 Å². The molecule has 0 saturated heterocycles. The van der Waals surface area contributed by atoms with Gasteiger partial charge in [-0.3, -0.25) is 10.8 Å². The fourth-order valence-electron chi connectivity index (χ4n) is 2.20. The molecule has 0 aliphatic carbocycles. The molecular formula is C17H15N7. The van der Waals surface area contributed by atoms with Crippen molar-refractivity contribution in [2.75, 3.05) is 5.43 Å². The van der Waals surface area contributed by atoms with Crippen molar-refractivity contribution in [1.29, 1.82) is 10.7 Å². The lowest BCUT2D eigenvalue weighted by atomic mass is 10.1. The Hall–Kier alpha value is -3.66. The third-order valence-corrected chi connectivity index (χ3v) is 3.45. The summed E-state index contributed by atoms with van der Waals surface area (Å²) in [6.45, 7) is 2.03. The van der Waals surface area contributed by atoms with Crippen molar-refractivity contribution in [3.8, 4) is 17.3 Å².